The lowest BCUT2D eigenvalue weighted by molar-refractivity contribution is 0.0827. The Hall–Kier alpha value is -2.10. The van der Waals surface area contributed by atoms with Crippen LogP contribution in [0.5, 0.6) is 0 Å². The lowest BCUT2D eigenvalue weighted by Crippen LogP contribution is -2.38. The fourth-order valence-electron chi connectivity index (χ4n) is 2.91. The molecule has 1 aromatic carbocycles. The third-order valence-electron chi connectivity index (χ3n) is 4.60. The molecule has 0 saturated heterocycles. The van der Waals surface area contributed by atoms with Gasteiger partial charge in [-0.05, 0) is 38.0 Å². The number of aryl methyl sites for hydroxylation is 2. The maximum atomic E-state index is 12.1. The number of benzene rings is 1. The van der Waals surface area contributed by atoms with E-state index in [0.29, 0.717) is 12.1 Å². The number of amides is 1. The Bertz CT molecular complexity index is 828. The molecule has 0 aliphatic rings. The molecule has 0 atom stereocenters. The van der Waals surface area contributed by atoms with Crippen molar-refractivity contribution in [1.82, 2.24) is 25.3 Å². The quantitative estimate of drug-likeness (QED) is 0.364. The second-order valence-electron chi connectivity index (χ2n) is 6.78. The lowest BCUT2D eigenvalue weighted by Gasteiger charge is -2.13. The van der Waals surface area contributed by atoms with Gasteiger partial charge in [0, 0.05) is 58.1 Å². The normalized spacial score (nSPS) is 11.0. The van der Waals surface area contributed by atoms with E-state index in [0.717, 1.165) is 35.9 Å². The summed E-state index contributed by atoms with van der Waals surface area (Å²) in [6, 6.07) is 7.75. The highest BCUT2D eigenvalue weighted by atomic mass is 127. The minimum absolute atomic E-state index is 0. The molecule has 1 aromatic heterocycles. The Morgan fingerprint density at radius 2 is 1.96 bits per heavy atom. The predicted octanol–water partition coefficient (Wildman–Crippen LogP) is 2.26. The highest BCUT2D eigenvalue weighted by Gasteiger charge is 2.10. The third-order valence-corrected chi connectivity index (χ3v) is 4.60. The number of rotatable bonds is 6. The summed E-state index contributed by atoms with van der Waals surface area (Å²) < 4.78 is 1.89. The first-order valence-corrected chi connectivity index (χ1v) is 9.07. The van der Waals surface area contributed by atoms with Crippen molar-refractivity contribution in [3.05, 3.63) is 52.3 Å². The second-order valence-corrected chi connectivity index (χ2v) is 6.78. The molecule has 2 N–H and O–H groups in total. The average molecular weight is 498 g/mol. The largest absolute Gasteiger partial charge is 0.356 e. The molecule has 7 nitrogen and oxygen atoms in total. The standard InChI is InChI=1S/C20H30N6O.HI/c1-14-18(15(2)26(6)24-14)13-23-20(21-3)22-11-10-16-8-7-9-17(12-16)19(27)25(4)5;/h7-9,12H,10-11,13H2,1-6H3,(H2,21,22,23);1H. The molecule has 0 bridgehead atoms. The number of aromatic nitrogens is 2. The molecule has 0 saturated carbocycles. The van der Waals surface area contributed by atoms with Crippen LogP contribution in [0.1, 0.15) is 32.9 Å². The maximum Gasteiger partial charge on any atom is 0.253 e. The van der Waals surface area contributed by atoms with Crippen LogP contribution in [-0.4, -0.2) is 54.2 Å². The molecule has 1 amide bonds. The van der Waals surface area contributed by atoms with Crippen molar-refractivity contribution in [3.63, 3.8) is 0 Å². The number of nitrogens with zero attached hydrogens (tertiary/aromatic N) is 4. The molecule has 2 rings (SSSR count). The summed E-state index contributed by atoms with van der Waals surface area (Å²) in [5, 5.41) is 11.1. The van der Waals surface area contributed by atoms with E-state index in [4.69, 9.17) is 0 Å². The van der Waals surface area contributed by atoms with Gasteiger partial charge in [-0.15, -0.1) is 24.0 Å². The molecule has 154 valence electrons. The van der Waals surface area contributed by atoms with Crippen molar-refractivity contribution >= 4 is 35.8 Å². The van der Waals surface area contributed by atoms with Gasteiger partial charge in [0.05, 0.1) is 5.69 Å². The topological polar surface area (TPSA) is 74.6 Å². The van der Waals surface area contributed by atoms with Crippen molar-refractivity contribution in [2.45, 2.75) is 26.8 Å². The summed E-state index contributed by atoms with van der Waals surface area (Å²) >= 11 is 0. The Kier molecular flexibility index (Phi) is 9.44. The summed E-state index contributed by atoms with van der Waals surface area (Å²) in [5.41, 5.74) is 5.20. The van der Waals surface area contributed by atoms with Crippen LogP contribution >= 0.6 is 24.0 Å². The number of hydrogen-bond donors (Lipinski definition) is 2. The Balaban J connectivity index is 0.00000392. The van der Waals surface area contributed by atoms with E-state index in [1.165, 1.54) is 5.56 Å². The lowest BCUT2D eigenvalue weighted by atomic mass is 10.1. The van der Waals surface area contributed by atoms with Crippen molar-refractivity contribution in [3.8, 4) is 0 Å². The highest BCUT2D eigenvalue weighted by molar-refractivity contribution is 14.0. The summed E-state index contributed by atoms with van der Waals surface area (Å²) in [4.78, 5) is 17.9. The maximum absolute atomic E-state index is 12.1. The van der Waals surface area contributed by atoms with E-state index in [9.17, 15) is 4.79 Å². The van der Waals surface area contributed by atoms with Crippen molar-refractivity contribution in [2.75, 3.05) is 27.7 Å². The summed E-state index contributed by atoms with van der Waals surface area (Å²) in [7, 11) is 7.23. The summed E-state index contributed by atoms with van der Waals surface area (Å²) in [6.07, 6.45) is 0.806. The number of halogens is 1. The number of aliphatic imine (C=N–C) groups is 1. The first kappa shape index (κ1) is 23.9. The fraction of sp³-hybridized carbons (Fsp3) is 0.450. The summed E-state index contributed by atoms with van der Waals surface area (Å²) in [6.45, 7) is 5.49. The molecule has 28 heavy (non-hydrogen) atoms. The van der Waals surface area contributed by atoms with Crippen LogP contribution in [0.15, 0.2) is 29.3 Å². The molecule has 0 radical (unpaired) electrons. The smallest absolute Gasteiger partial charge is 0.253 e. The number of hydrogen-bond acceptors (Lipinski definition) is 3. The van der Waals surface area contributed by atoms with Gasteiger partial charge in [0.15, 0.2) is 5.96 Å². The van der Waals surface area contributed by atoms with Crippen LogP contribution in [0, 0.1) is 13.8 Å². The fourth-order valence-corrected chi connectivity index (χ4v) is 2.91. The van der Waals surface area contributed by atoms with E-state index in [2.05, 4.69) is 27.6 Å². The van der Waals surface area contributed by atoms with Gasteiger partial charge in [-0.3, -0.25) is 14.5 Å². The molecular formula is C20H31IN6O. The Morgan fingerprint density at radius 3 is 2.54 bits per heavy atom. The van der Waals surface area contributed by atoms with Crippen LogP contribution in [0.25, 0.3) is 0 Å². The molecule has 0 unspecified atom stereocenters. The zero-order valence-corrected chi connectivity index (χ0v) is 19.9. The molecule has 0 aliphatic carbocycles. The molecular weight excluding hydrogens is 467 g/mol. The Labute approximate surface area is 184 Å². The van der Waals surface area contributed by atoms with Gasteiger partial charge in [-0.25, -0.2) is 0 Å². The number of guanidine groups is 1. The Morgan fingerprint density at radius 1 is 1.25 bits per heavy atom. The van der Waals surface area contributed by atoms with Crippen LogP contribution in [0.3, 0.4) is 0 Å². The first-order valence-electron chi connectivity index (χ1n) is 9.07. The van der Waals surface area contributed by atoms with Crippen molar-refractivity contribution < 1.29 is 4.79 Å². The molecule has 1 heterocycles. The van der Waals surface area contributed by atoms with Gasteiger partial charge in [0.25, 0.3) is 5.91 Å². The van der Waals surface area contributed by atoms with Crippen LogP contribution in [0.2, 0.25) is 0 Å². The van der Waals surface area contributed by atoms with Gasteiger partial charge >= 0.3 is 0 Å². The van der Waals surface area contributed by atoms with Gasteiger partial charge < -0.3 is 15.5 Å². The molecule has 8 heteroatoms. The van der Waals surface area contributed by atoms with E-state index >= 15 is 0 Å². The minimum Gasteiger partial charge on any atom is -0.356 e. The second kappa shape index (κ2) is 11.0. The molecule has 2 aromatic rings. The minimum atomic E-state index is 0. The predicted molar refractivity (Wildman–Crippen MR) is 124 cm³/mol. The third kappa shape index (κ3) is 6.22. The monoisotopic (exact) mass is 498 g/mol. The first-order chi connectivity index (χ1) is 12.8. The number of carbonyl (C=O) groups excluding carboxylic acids is 1. The zero-order valence-electron chi connectivity index (χ0n) is 17.5. The molecule has 0 aliphatic heterocycles. The average Bonchev–Trinajstić information content (AvgIpc) is 2.89. The van der Waals surface area contributed by atoms with Crippen molar-refractivity contribution in [2.24, 2.45) is 12.0 Å². The van der Waals surface area contributed by atoms with E-state index in [1.807, 2.05) is 42.9 Å². The molecule has 0 spiro atoms. The van der Waals surface area contributed by atoms with Gasteiger partial charge in [-0.2, -0.15) is 5.10 Å². The van der Waals surface area contributed by atoms with E-state index < -0.39 is 0 Å². The number of carbonyl (C=O) groups is 1. The highest BCUT2D eigenvalue weighted by Crippen LogP contribution is 2.11. The van der Waals surface area contributed by atoms with E-state index in [-0.39, 0.29) is 29.9 Å². The van der Waals surface area contributed by atoms with Crippen LogP contribution in [0.4, 0.5) is 0 Å². The van der Waals surface area contributed by atoms with Crippen LogP contribution in [-0.2, 0) is 20.0 Å². The molecule has 0 fully saturated rings. The van der Waals surface area contributed by atoms with Gasteiger partial charge in [0.1, 0.15) is 0 Å². The van der Waals surface area contributed by atoms with E-state index in [1.54, 1.807) is 26.0 Å². The summed E-state index contributed by atoms with van der Waals surface area (Å²) in [5.74, 6) is 0.766. The zero-order chi connectivity index (χ0) is 20.0. The number of nitrogens with one attached hydrogen (secondary N) is 2. The SMILES string of the molecule is CN=C(NCCc1cccc(C(=O)N(C)C)c1)NCc1c(C)nn(C)c1C.I. The van der Waals surface area contributed by atoms with Crippen LogP contribution < -0.4 is 10.6 Å². The van der Waals surface area contributed by atoms with Crippen molar-refractivity contribution in [1.29, 1.82) is 0 Å². The van der Waals surface area contributed by atoms with Gasteiger partial charge in [-0.1, -0.05) is 12.1 Å². The van der Waals surface area contributed by atoms with Gasteiger partial charge in [0.2, 0.25) is 0 Å².